The fraction of sp³-hybridized carbons (Fsp3) is 0.278. The number of benzene rings is 1. The van der Waals surface area contributed by atoms with Crippen LogP contribution in [0.2, 0.25) is 0 Å². The van der Waals surface area contributed by atoms with Gasteiger partial charge in [-0.1, -0.05) is 24.3 Å². The van der Waals surface area contributed by atoms with Crippen LogP contribution in [0.15, 0.2) is 48.9 Å². The Balaban J connectivity index is 1.73. The monoisotopic (exact) mass is 308 g/mol. The smallest absolute Gasteiger partial charge is 0.318 e. The highest BCUT2D eigenvalue weighted by molar-refractivity contribution is 5.90. The van der Waals surface area contributed by atoms with E-state index in [2.05, 4.69) is 21.4 Å². The van der Waals surface area contributed by atoms with E-state index in [-0.39, 0.29) is 12.1 Å². The van der Waals surface area contributed by atoms with E-state index in [0.29, 0.717) is 6.54 Å². The second-order valence-electron chi connectivity index (χ2n) is 5.73. The summed E-state index contributed by atoms with van der Waals surface area (Å²) in [4.78, 5) is 22.7. The van der Waals surface area contributed by atoms with Gasteiger partial charge >= 0.3 is 6.03 Å². The number of aromatic nitrogens is 2. The van der Waals surface area contributed by atoms with Crippen LogP contribution in [0, 0.1) is 6.92 Å². The zero-order chi connectivity index (χ0) is 16.2. The third-order valence-corrected chi connectivity index (χ3v) is 4.04. The van der Waals surface area contributed by atoms with Crippen molar-refractivity contribution in [2.75, 3.05) is 11.9 Å². The first-order chi connectivity index (χ1) is 11.1. The molecule has 5 heteroatoms. The molecular formula is C18H20N4O. The molecule has 1 aliphatic rings. The number of nitrogens with one attached hydrogen (secondary N) is 1. The van der Waals surface area contributed by atoms with E-state index in [1.54, 1.807) is 6.33 Å². The summed E-state index contributed by atoms with van der Waals surface area (Å²) in [5.41, 5.74) is 4.04. The van der Waals surface area contributed by atoms with Crippen LogP contribution in [0.25, 0.3) is 5.57 Å². The number of nitrogens with zero attached hydrogens (tertiary/aromatic N) is 3. The van der Waals surface area contributed by atoms with E-state index in [0.717, 1.165) is 23.4 Å². The van der Waals surface area contributed by atoms with Crippen LogP contribution in [0.1, 0.15) is 24.6 Å². The molecule has 2 heterocycles. The summed E-state index contributed by atoms with van der Waals surface area (Å²) >= 11 is 0. The lowest BCUT2D eigenvalue weighted by molar-refractivity contribution is 0.202. The second kappa shape index (κ2) is 6.60. The molecule has 1 N–H and O–H groups in total. The Morgan fingerprint density at radius 1 is 1.30 bits per heavy atom. The van der Waals surface area contributed by atoms with Gasteiger partial charge in [0.05, 0.1) is 5.69 Å². The van der Waals surface area contributed by atoms with Gasteiger partial charge in [-0.25, -0.2) is 14.8 Å². The maximum atomic E-state index is 12.4. The number of hydrogen-bond donors (Lipinski definition) is 1. The summed E-state index contributed by atoms with van der Waals surface area (Å²) < 4.78 is 0. The molecule has 0 radical (unpaired) electrons. The van der Waals surface area contributed by atoms with Crippen molar-refractivity contribution in [2.24, 2.45) is 0 Å². The highest BCUT2D eigenvalue weighted by atomic mass is 16.2. The Bertz CT molecular complexity index is 727. The summed E-state index contributed by atoms with van der Waals surface area (Å²) in [5, 5.41) is 2.94. The number of rotatable bonds is 2. The van der Waals surface area contributed by atoms with Crippen LogP contribution in [0.3, 0.4) is 0 Å². The fourth-order valence-corrected chi connectivity index (χ4v) is 2.84. The van der Waals surface area contributed by atoms with Crippen molar-refractivity contribution in [3.05, 3.63) is 60.2 Å². The third kappa shape index (κ3) is 3.39. The minimum atomic E-state index is -0.0709. The molecule has 0 fully saturated rings. The summed E-state index contributed by atoms with van der Waals surface area (Å²) in [6.45, 7) is 4.71. The quantitative estimate of drug-likeness (QED) is 0.924. The molecule has 1 aromatic heterocycles. The first-order valence-corrected chi connectivity index (χ1v) is 7.75. The molecule has 0 bridgehead atoms. The molecule has 0 spiro atoms. The van der Waals surface area contributed by atoms with Crippen LogP contribution in [0.4, 0.5) is 10.5 Å². The van der Waals surface area contributed by atoms with E-state index in [4.69, 9.17) is 0 Å². The number of carbonyl (C=O) groups excluding carboxylic acids is 1. The molecule has 2 amide bonds. The van der Waals surface area contributed by atoms with Crippen molar-refractivity contribution in [2.45, 2.75) is 26.3 Å². The number of hydrogen-bond acceptors (Lipinski definition) is 3. The molecule has 118 valence electrons. The lowest BCUT2D eigenvalue weighted by Gasteiger charge is -2.32. The number of anilines is 1. The van der Waals surface area contributed by atoms with Gasteiger partial charge in [0.25, 0.3) is 0 Å². The van der Waals surface area contributed by atoms with Gasteiger partial charge in [-0.3, -0.25) is 0 Å². The number of para-hydroxylation sites is 1. The van der Waals surface area contributed by atoms with Gasteiger partial charge in [0.1, 0.15) is 6.33 Å². The molecule has 0 saturated carbocycles. The number of amides is 2. The molecule has 0 unspecified atom stereocenters. The predicted octanol–water partition coefficient (Wildman–Crippen LogP) is 3.49. The van der Waals surface area contributed by atoms with Crippen molar-refractivity contribution in [3.8, 4) is 0 Å². The SMILES string of the molecule is Cc1cncnc1C1=C[C@@H](C)N(C(=O)Nc2ccccc2)CC1. The van der Waals surface area contributed by atoms with E-state index in [1.165, 1.54) is 5.57 Å². The van der Waals surface area contributed by atoms with E-state index >= 15 is 0 Å². The zero-order valence-corrected chi connectivity index (χ0v) is 13.4. The normalized spacial score (nSPS) is 17.6. The van der Waals surface area contributed by atoms with Gasteiger partial charge in [-0.05, 0) is 43.5 Å². The van der Waals surface area contributed by atoms with Crippen molar-refractivity contribution >= 4 is 17.3 Å². The molecular weight excluding hydrogens is 288 g/mol. The van der Waals surface area contributed by atoms with Gasteiger partial charge in [-0.2, -0.15) is 0 Å². The predicted molar refractivity (Wildman–Crippen MR) is 91.0 cm³/mol. The van der Waals surface area contributed by atoms with Crippen molar-refractivity contribution in [1.29, 1.82) is 0 Å². The van der Waals surface area contributed by atoms with Crippen molar-refractivity contribution in [3.63, 3.8) is 0 Å². The lowest BCUT2D eigenvalue weighted by Crippen LogP contribution is -2.43. The van der Waals surface area contributed by atoms with Gasteiger partial charge < -0.3 is 10.2 Å². The molecule has 23 heavy (non-hydrogen) atoms. The lowest BCUT2D eigenvalue weighted by atomic mass is 9.98. The summed E-state index contributed by atoms with van der Waals surface area (Å²) in [6.07, 6.45) is 6.30. The maximum Gasteiger partial charge on any atom is 0.322 e. The van der Waals surface area contributed by atoms with Crippen LogP contribution >= 0.6 is 0 Å². The van der Waals surface area contributed by atoms with Crippen LogP contribution in [-0.4, -0.2) is 33.5 Å². The molecule has 2 aromatic rings. The molecule has 0 aliphatic carbocycles. The Kier molecular flexibility index (Phi) is 4.37. The Hall–Kier alpha value is -2.69. The summed E-state index contributed by atoms with van der Waals surface area (Å²) in [6, 6.07) is 9.47. The minimum Gasteiger partial charge on any atom is -0.318 e. The first kappa shape index (κ1) is 15.2. The maximum absolute atomic E-state index is 12.4. The molecule has 3 rings (SSSR count). The molecule has 1 atom stereocenters. The highest BCUT2D eigenvalue weighted by Crippen LogP contribution is 2.26. The molecule has 1 aliphatic heterocycles. The van der Waals surface area contributed by atoms with Gasteiger partial charge in [-0.15, -0.1) is 0 Å². The zero-order valence-electron chi connectivity index (χ0n) is 13.4. The van der Waals surface area contributed by atoms with Crippen LogP contribution in [-0.2, 0) is 0 Å². The second-order valence-corrected chi connectivity index (χ2v) is 5.73. The largest absolute Gasteiger partial charge is 0.322 e. The van der Waals surface area contributed by atoms with Crippen molar-refractivity contribution < 1.29 is 4.79 Å². The molecule has 0 saturated heterocycles. The number of carbonyl (C=O) groups is 1. The van der Waals surface area contributed by atoms with Crippen LogP contribution in [0.5, 0.6) is 0 Å². The average Bonchev–Trinajstić information content (AvgIpc) is 2.56. The first-order valence-electron chi connectivity index (χ1n) is 7.75. The number of urea groups is 1. The van der Waals surface area contributed by atoms with Gasteiger partial charge in [0, 0.05) is 24.5 Å². The molecule has 1 aromatic carbocycles. The van der Waals surface area contributed by atoms with E-state index in [9.17, 15) is 4.79 Å². The Morgan fingerprint density at radius 3 is 2.78 bits per heavy atom. The van der Waals surface area contributed by atoms with Gasteiger partial charge in [0.15, 0.2) is 0 Å². The van der Waals surface area contributed by atoms with Gasteiger partial charge in [0.2, 0.25) is 0 Å². The molecule has 5 nitrogen and oxygen atoms in total. The van der Waals surface area contributed by atoms with Crippen molar-refractivity contribution in [1.82, 2.24) is 14.9 Å². The standard InChI is InChI=1S/C18H20N4O/c1-13-11-19-12-20-17(13)15-8-9-22(14(2)10-15)18(23)21-16-6-4-3-5-7-16/h3-7,10-12,14H,8-9H2,1-2H3,(H,21,23)/t14-/m1/s1. The van der Waals surface area contributed by atoms with E-state index < -0.39 is 0 Å². The van der Waals surface area contributed by atoms with Crippen LogP contribution < -0.4 is 5.32 Å². The topological polar surface area (TPSA) is 58.1 Å². The van der Waals surface area contributed by atoms with E-state index in [1.807, 2.05) is 55.3 Å². The highest BCUT2D eigenvalue weighted by Gasteiger charge is 2.24. The summed E-state index contributed by atoms with van der Waals surface area (Å²) in [7, 11) is 0. The average molecular weight is 308 g/mol. The Morgan fingerprint density at radius 2 is 2.09 bits per heavy atom. The number of aryl methyl sites for hydroxylation is 1. The minimum absolute atomic E-state index is 0.0248. The third-order valence-electron chi connectivity index (χ3n) is 4.04. The fourth-order valence-electron chi connectivity index (χ4n) is 2.84. The Labute approximate surface area is 136 Å². The summed E-state index contributed by atoms with van der Waals surface area (Å²) in [5.74, 6) is 0.